The lowest BCUT2D eigenvalue weighted by Gasteiger charge is -2.04. The number of sulfonamides is 1. The molecule has 0 saturated heterocycles. The summed E-state index contributed by atoms with van der Waals surface area (Å²) in [5.41, 5.74) is 0.537. The first-order valence-corrected chi connectivity index (χ1v) is 16.7. The molecular weight excluding hydrogens is 506 g/mol. The number of nitrogens with one attached hydrogen (secondary N) is 1. The van der Waals surface area contributed by atoms with Crippen LogP contribution < -0.4 is 9.63 Å². The van der Waals surface area contributed by atoms with Crippen molar-refractivity contribution in [2.24, 2.45) is 12.1 Å². The van der Waals surface area contributed by atoms with Crippen LogP contribution >= 0.6 is 11.3 Å². The highest BCUT2D eigenvalue weighted by Gasteiger charge is 2.13. The highest BCUT2D eigenvalue weighted by molar-refractivity contribution is 7.89. The summed E-state index contributed by atoms with van der Waals surface area (Å²) in [6.07, 6.45) is 16.9. The SMILES string of the molecule is CCCCCCCCCCCCCCCCS(=O)(=O)NN=c1sc2ccc(S(=O)(=O)O)cc2n1C. The third kappa shape index (κ3) is 11.0. The van der Waals surface area contributed by atoms with Crippen LogP contribution in [-0.4, -0.2) is 31.7 Å². The molecule has 200 valence electrons. The number of rotatable bonds is 18. The summed E-state index contributed by atoms with van der Waals surface area (Å²) in [4.78, 5) is 2.45. The van der Waals surface area contributed by atoms with Gasteiger partial charge in [-0.2, -0.15) is 8.42 Å². The monoisotopic (exact) mass is 547 g/mol. The molecule has 1 aromatic heterocycles. The van der Waals surface area contributed by atoms with Crippen molar-refractivity contribution < 1.29 is 21.4 Å². The van der Waals surface area contributed by atoms with E-state index in [-0.39, 0.29) is 10.6 Å². The molecule has 35 heavy (non-hydrogen) atoms. The van der Waals surface area contributed by atoms with Gasteiger partial charge in [-0.3, -0.25) is 4.55 Å². The topological polar surface area (TPSA) is 118 Å². The number of hydrogen-bond donors (Lipinski definition) is 2. The Balaban J connectivity index is 1.66. The average Bonchev–Trinajstić information content (AvgIpc) is 3.12. The Hall–Kier alpha value is -1.43. The van der Waals surface area contributed by atoms with E-state index in [1.807, 2.05) is 0 Å². The van der Waals surface area contributed by atoms with Crippen LogP contribution in [0.5, 0.6) is 0 Å². The van der Waals surface area contributed by atoms with Gasteiger partial charge in [0.25, 0.3) is 10.1 Å². The molecule has 11 heteroatoms. The molecule has 0 aliphatic carbocycles. The number of aromatic nitrogens is 1. The van der Waals surface area contributed by atoms with Crippen molar-refractivity contribution in [2.75, 3.05) is 5.75 Å². The lowest BCUT2D eigenvalue weighted by Crippen LogP contribution is -2.25. The van der Waals surface area contributed by atoms with Crippen LogP contribution in [0.15, 0.2) is 28.2 Å². The predicted octanol–water partition coefficient (Wildman–Crippen LogP) is 5.70. The van der Waals surface area contributed by atoms with Gasteiger partial charge in [-0.1, -0.05) is 102 Å². The first-order chi connectivity index (χ1) is 16.6. The van der Waals surface area contributed by atoms with Gasteiger partial charge in [0.1, 0.15) is 0 Å². The van der Waals surface area contributed by atoms with Crippen LogP contribution in [0, 0.1) is 0 Å². The highest BCUT2D eigenvalue weighted by atomic mass is 32.2. The molecule has 1 aromatic carbocycles. The quantitative estimate of drug-likeness (QED) is 0.141. The van der Waals surface area contributed by atoms with E-state index in [2.05, 4.69) is 16.9 Å². The Labute approximate surface area is 214 Å². The molecule has 2 aromatic rings. The number of unbranched alkanes of at least 4 members (excludes halogenated alkanes) is 13. The van der Waals surface area contributed by atoms with Crippen LogP contribution in [0.25, 0.3) is 10.2 Å². The van der Waals surface area contributed by atoms with Crippen molar-refractivity contribution in [3.63, 3.8) is 0 Å². The molecule has 1 heterocycles. The molecule has 0 amide bonds. The smallest absolute Gasteiger partial charge is 0.294 e. The number of benzene rings is 1. The van der Waals surface area contributed by atoms with E-state index in [1.165, 1.54) is 87.7 Å². The van der Waals surface area contributed by atoms with Crippen molar-refractivity contribution in [3.05, 3.63) is 23.0 Å². The summed E-state index contributed by atoms with van der Waals surface area (Å²) < 4.78 is 58.9. The molecule has 0 spiro atoms. The van der Waals surface area contributed by atoms with Gasteiger partial charge in [-0.05, 0) is 24.6 Å². The Morgan fingerprint density at radius 3 is 1.89 bits per heavy atom. The molecular formula is C24H41N3O5S3. The minimum Gasteiger partial charge on any atom is -0.318 e. The Kier molecular flexibility index (Phi) is 12.7. The number of nitrogens with zero attached hydrogens (tertiary/aromatic N) is 2. The van der Waals surface area contributed by atoms with Gasteiger partial charge in [0.2, 0.25) is 14.8 Å². The van der Waals surface area contributed by atoms with Crippen LogP contribution in [-0.2, 0) is 27.2 Å². The van der Waals surface area contributed by atoms with E-state index in [0.29, 0.717) is 16.7 Å². The minimum absolute atomic E-state index is 0.0239. The summed E-state index contributed by atoms with van der Waals surface area (Å²) in [6, 6.07) is 4.20. The molecule has 2 rings (SSSR count). The summed E-state index contributed by atoms with van der Waals surface area (Å²) >= 11 is 1.23. The zero-order valence-electron chi connectivity index (χ0n) is 21.0. The van der Waals surface area contributed by atoms with E-state index in [4.69, 9.17) is 0 Å². The third-order valence-electron chi connectivity index (χ3n) is 6.12. The largest absolute Gasteiger partial charge is 0.318 e. The Bertz CT molecular complexity index is 1180. The van der Waals surface area contributed by atoms with E-state index in [1.54, 1.807) is 17.7 Å². The average molecular weight is 548 g/mol. The molecule has 0 bridgehead atoms. The summed E-state index contributed by atoms with van der Waals surface area (Å²) in [7, 11) is -6.20. The maximum atomic E-state index is 12.3. The first kappa shape index (κ1) is 29.8. The van der Waals surface area contributed by atoms with Gasteiger partial charge in [0.05, 0.1) is 20.9 Å². The van der Waals surface area contributed by atoms with Crippen molar-refractivity contribution >= 4 is 41.7 Å². The fourth-order valence-corrected chi connectivity index (χ4v) is 6.43. The molecule has 0 unspecified atom stereocenters. The zero-order valence-corrected chi connectivity index (χ0v) is 23.5. The van der Waals surface area contributed by atoms with E-state index in [9.17, 15) is 21.4 Å². The van der Waals surface area contributed by atoms with E-state index in [0.717, 1.165) is 24.0 Å². The molecule has 8 nitrogen and oxygen atoms in total. The van der Waals surface area contributed by atoms with Crippen molar-refractivity contribution in [3.8, 4) is 0 Å². The maximum absolute atomic E-state index is 12.3. The normalized spacial score (nSPS) is 13.1. The number of thiazole rings is 1. The fraction of sp³-hybridized carbons (Fsp3) is 0.708. The van der Waals surface area contributed by atoms with Crippen molar-refractivity contribution in [2.45, 2.75) is 102 Å². The molecule has 0 aliphatic rings. The highest BCUT2D eigenvalue weighted by Crippen LogP contribution is 2.20. The maximum Gasteiger partial charge on any atom is 0.294 e. The molecule has 0 aliphatic heterocycles. The van der Waals surface area contributed by atoms with Gasteiger partial charge >= 0.3 is 0 Å². The van der Waals surface area contributed by atoms with Gasteiger partial charge in [0.15, 0.2) is 0 Å². The van der Waals surface area contributed by atoms with Gasteiger partial charge in [0, 0.05) is 7.05 Å². The molecule has 0 radical (unpaired) electrons. The van der Waals surface area contributed by atoms with Crippen LogP contribution in [0.4, 0.5) is 0 Å². The van der Waals surface area contributed by atoms with Crippen LogP contribution in [0.2, 0.25) is 0 Å². The van der Waals surface area contributed by atoms with Crippen molar-refractivity contribution in [1.29, 1.82) is 0 Å². The standard InChI is InChI=1S/C24H41N3O5S3/c1-3-4-5-6-7-8-9-10-11-12-13-14-15-16-19-34(28,29)26-25-24-27(2)22-20-21(35(30,31)32)17-18-23(22)33-24/h17-18,20,26H,3-16,19H2,1-2H3,(H,30,31,32). The molecule has 2 N–H and O–H groups in total. The summed E-state index contributed by atoms with van der Waals surface area (Å²) in [6.45, 7) is 2.24. The summed E-state index contributed by atoms with van der Waals surface area (Å²) in [5.74, 6) is 0.0239. The van der Waals surface area contributed by atoms with Crippen molar-refractivity contribution in [1.82, 2.24) is 9.40 Å². The number of fused-ring (bicyclic) bond motifs is 1. The predicted molar refractivity (Wildman–Crippen MR) is 143 cm³/mol. The second-order valence-corrected chi connectivity index (χ2v) is 13.4. The fourth-order valence-electron chi connectivity index (χ4n) is 4.01. The third-order valence-corrected chi connectivity index (χ3v) is 9.28. The lowest BCUT2D eigenvalue weighted by molar-refractivity contribution is 0.483. The molecule has 0 fully saturated rings. The van der Waals surface area contributed by atoms with E-state index >= 15 is 0 Å². The zero-order chi connectivity index (χ0) is 25.7. The van der Waals surface area contributed by atoms with E-state index < -0.39 is 20.1 Å². The Morgan fingerprint density at radius 2 is 1.37 bits per heavy atom. The van der Waals surface area contributed by atoms with Gasteiger partial charge < -0.3 is 4.57 Å². The second kappa shape index (κ2) is 15.0. The minimum atomic E-state index is -4.32. The van der Waals surface area contributed by atoms with Gasteiger partial charge in [-0.15, -0.1) is 5.10 Å². The Morgan fingerprint density at radius 1 is 0.857 bits per heavy atom. The number of hydrogen-bond acceptors (Lipinski definition) is 6. The second-order valence-electron chi connectivity index (χ2n) is 9.17. The van der Waals surface area contributed by atoms with Gasteiger partial charge in [-0.25, -0.2) is 13.2 Å². The summed E-state index contributed by atoms with van der Waals surface area (Å²) in [5, 5.41) is 4.02. The molecule has 0 saturated carbocycles. The van der Waals surface area contributed by atoms with Crippen LogP contribution in [0.3, 0.4) is 0 Å². The van der Waals surface area contributed by atoms with Crippen LogP contribution in [0.1, 0.15) is 96.8 Å². The lowest BCUT2D eigenvalue weighted by atomic mass is 10.0. The number of aryl methyl sites for hydroxylation is 1. The first-order valence-electron chi connectivity index (χ1n) is 12.7. The molecule has 0 atom stereocenters.